The molecule has 0 bridgehead atoms. The number of hydrogen-bond acceptors (Lipinski definition) is 4. The fourth-order valence-electron chi connectivity index (χ4n) is 2.38. The van der Waals surface area contributed by atoms with Crippen molar-refractivity contribution in [1.29, 1.82) is 0 Å². The number of nitrogens with one attached hydrogen (secondary N) is 1. The lowest BCUT2D eigenvalue weighted by Gasteiger charge is -2.13. The summed E-state index contributed by atoms with van der Waals surface area (Å²) in [6, 6.07) is 3.10. The number of fused-ring (bicyclic) bond motifs is 1. The summed E-state index contributed by atoms with van der Waals surface area (Å²) in [5.74, 6) is -0.625. The molecule has 1 atom stereocenters. The summed E-state index contributed by atoms with van der Waals surface area (Å²) >= 11 is 1.55. The van der Waals surface area contributed by atoms with Crippen LogP contribution in [0, 0.1) is 13.8 Å². The standard InChI is InChI=1S/C17H21NO4S/c1-10-6-13-12(9-22-15(13)7-11(10)2)8-16(19)18-14(17(20)21)4-5-23-3/h6-7,9,14H,4-5,8H2,1-3H3,(H,18,19)(H,20,21)/t14-/m0/s1. The van der Waals surface area contributed by atoms with E-state index in [-0.39, 0.29) is 12.3 Å². The molecule has 124 valence electrons. The second kappa shape index (κ2) is 7.55. The molecule has 0 spiro atoms. The average Bonchev–Trinajstić information content (AvgIpc) is 2.86. The van der Waals surface area contributed by atoms with Gasteiger partial charge in [0, 0.05) is 10.9 Å². The zero-order chi connectivity index (χ0) is 17.0. The second-order valence-corrected chi connectivity index (χ2v) is 6.60. The molecule has 0 unspecified atom stereocenters. The molecule has 2 rings (SSSR count). The van der Waals surface area contributed by atoms with Gasteiger partial charge >= 0.3 is 5.97 Å². The normalized spacial score (nSPS) is 12.3. The van der Waals surface area contributed by atoms with Gasteiger partial charge in [0.1, 0.15) is 11.6 Å². The van der Waals surface area contributed by atoms with Crippen LogP contribution in [0.2, 0.25) is 0 Å². The number of furan rings is 1. The Labute approximate surface area is 139 Å². The number of carboxylic acid groups (broad SMARTS) is 1. The maximum absolute atomic E-state index is 12.2. The summed E-state index contributed by atoms with van der Waals surface area (Å²) in [7, 11) is 0. The molecular formula is C17H21NO4S. The van der Waals surface area contributed by atoms with E-state index in [2.05, 4.69) is 5.32 Å². The van der Waals surface area contributed by atoms with Crippen LogP contribution in [0.15, 0.2) is 22.8 Å². The molecule has 1 heterocycles. The van der Waals surface area contributed by atoms with Gasteiger partial charge in [-0.1, -0.05) is 0 Å². The van der Waals surface area contributed by atoms with E-state index in [1.165, 1.54) is 0 Å². The first-order valence-electron chi connectivity index (χ1n) is 7.40. The lowest BCUT2D eigenvalue weighted by Crippen LogP contribution is -2.41. The summed E-state index contributed by atoms with van der Waals surface area (Å²) in [6.07, 6.45) is 3.99. The average molecular weight is 335 g/mol. The Hall–Kier alpha value is -1.95. The van der Waals surface area contributed by atoms with Crippen molar-refractivity contribution in [3.63, 3.8) is 0 Å². The Bertz CT molecular complexity index is 723. The third kappa shape index (κ3) is 4.28. The van der Waals surface area contributed by atoms with Crippen LogP contribution in [0.5, 0.6) is 0 Å². The topological polar surface area (TPSA) is 79.5 Å². The maximum Gasteiger partial charge on any atom is 0.326 e. The lowest BCUT2D eigenvalue weighted by molar-refractivity contribution is -0.141. The number of rotatable bonds is 7. The number of benzene rings is 1. The fourth-order valence-corrected chi connectivity index (χ4v) is 2.86. The van der Waals surface area contributed by atoms with Gasteiger partial charge in [-0.05, 0) is 55.5 Å². The van der Waals surface area contributed by atoms with Crippen LogP contribution in [0.3, 0.4) is 0 Å². The van der Waals surface area contributed by atoms with E-state index in [1.54, 1.807) is 18.0 Å². The fraction of sp³-hybridized carbons (Fsp3) is 0.412. The Morgan fingerprint density at radius 2 is 2.00 bits per heavy atom. The molecule has 6 heteroatoms. The smallest absolute Gasteiger partial charge is 0.326 e. The van der Waals surface area contributed by atoms with Crippen LogP contribution in [0.4, 0.5) is 0 Å². The summed E-state index contributed by atoms with van der Waals surface area (Å²) in [5.41, 5.74) is 3.78. The van der Waals surface area contributed by atoms with Crippen LogP contribution < -0.4 is 5.32 Å². The molecule has 0 saturated carbocycles. The van der Waals surface area contributed by atoms with Gasteiger partial charge < -0.3 is 14.8 Å². The van der Waals surface area contributed by atoms with Crippen molar-refractivity contribution in [2.75, 3.05) is 12.0 Å². The van der Waals surface area contributed by atoms with E-state index in [0.29, 0.717) is 12.2 Å². The molecule has 2 aromatic rings. The molecule has 5 nitrogen and oxygen atoms in total. The first-order chi connectivity index (χ1) is 10.9. The molecule has 1 aromatic heterocycles. The summed E-state index contributed by atoms with van der Waals surface area (Å²) < 4.78 is 5.50. The Kier molecular flexibility index (Phi) is 5.71. The molecule has 2 N–H and O–H groups in total. The molecule has 1 aromatic carbocycles. The molecule has 0 saturated heterocycles. The SMILES string of the molecule is CSCC[C@H](NC(=O)Cc1coc2cc(C)c(C)cc12)C(=O)O. The predicted molar refractivity (Wildman–Crippen MR) is 92.0 cm³/mol. The highest BCUT2D eigenvalue weighted by atomic mass is 32.2. The van der Waals surface area contributed by atoms with Gasteiger partial charge in [-0.25, -0.2) is 4.79 Å². The molecule has 0 radical (unpaired) electrons. The highest BCUT2D eigenvalue weighted by Gasteiger charge is 2.20. The monoisotopic (exact) mass is 335 g/mol. The van der Waals surface area contributed by atoms with Gasteiger partial charge in [0.15, 0.2) is 0 Å². The number of carbonyl (C=O) groups excluding carboxylic acids is 1. The van der Waals surface area contributed by atoms with Crippen LogP contribution in [0.1, 0.15) is 23.1 Å². The quantitative estimate of drug-likeness (QED) is 0.813. The number of amides is 1. The van der Waals surface area contributed by atoms with E-state index >= 15 is 0 Å². The Morgan fingerprint density at radius 1 is 1.30 bits per heavy atom. The van der Waals surface area contributed by atoms with Gasteiger partial charge in [0.05, 0.1) is 12.7 Å². The first-order valence-corrected chi connectivity index (χ1v) is 8.80. The van der Waals surface area contributed by atoms with E-state index in [9.17, 15) is 14.7 Å². The number of thioether (sulfide) groups is 1. The van der Waals surface area contributed by atoms with Crippen LogP contribution >= 0.6 is 11.8 Å². The van der Waals surface area contributed by atoms with Gasteiger partial charge in [-0.15, -0.1) is 0 Å². The van der Waals surface area contributed by atoms with Crippen molar-refractivity contribution >= 4 is 34.6 Å². The molecule has 0 aliphatic heterocycles. The minimum absolute atomic E-state index is 0.110. The number of carboxylic acids is 1. The molecule has 0 aliphatic carbocycles. The van der Waals surface area contributed by atoms with Gasteiger partial charge in [-0.2, -0.15) is 11.8 Å². The van der Waals surface area contributed by atoms with Gasteiger partial charge in [-0.3, -0.25) is 4.79 Å². The molecule has 1 amide bonds. The predicted octanol–water partition coefficient (Wildman–Crippen LogP) is 2.91. The molecule has 0 fully saturated rings. The summed E-state index contributed by atoms with van der Waals surface area (Å²) in [4.78, 5) is 23.4. The third-order valence-electron chi connectivity index (χ3n) is 3.86. The third-order valence-corrected chi connectivity index (χ3v) is 4.51. The van der Waals surface area contributed by atoms with Crippen LogP contribution in [-0.2, 0) is 16.0 Å². The number of aliphatic carboxylic acids is 1. The maximum atomic E-state index is 12.2. The summed E-state index contributed by atoms with van der Waals surface area (Å²) in [6.45, 7) is 4.02. The number of carbonyl (C=O) groups is 2. The zero-order valence-electron chi connectivity index (χ0n) is 13.5. The second-order valence-electron chi connectivity index (χ2n) is 5.61. The van der Waals surface area contributed by atoms with Gasteiger partial charge in [0.2, 0.25) is 5.91 Å². The molecular weight excluding hydrogens is 314 g/mol. The van der Waals surface area contributed by atoms with Crippen molar-refractivity contribution in [3.05, 3.63) is 35.1 Å². The van der Waals surface area contributed by atoms with E-state index < -0.39 is 12.0 Å². The molecule has 0 aliphatic rings. The van der Waals surface area contributed by atoms with Crippen molar-refractivity contribution < 1.29 is 19.1 Å². The number of aryl methyl sites for hydroxylation is 2. The summed E-state index contributed by atoms with van der Waals surface area (Å²) in [5, 5.41) is 12.7. The zero-order valence-corrected chi connectivity index (χ0v) is 14.3. The van der Waals surface area contributed by atoms with Crippen LogP contribution in [0.25, 0.3) is 11.0 Å². The highest BCUT2D eigenvalue weighted by Crippen LogP contribution is 2.25. The first kappa shape index (κ1) is 17.4. The van der Waals surface area contributed by atoms with E-state index in [0.717, 1.165) is 27.7 Å². The van der Waals surface area contributed by atoms with Gasteiger partial charge in [0.25, 0.3) is 0 Å². The Morgan fingerprint density at radius 3 is 2.65 bits per heavy atom. The van der Waals surface area contributed by atoms with Crippen molar-refractivity contribution in [3.8, 4) is 0 Å². The minimum Gasteiger partial charge on any atom is -0.480 e. The van der Waals surface area contributed by atoms with E-state index in [4.69, 9.17) is 4.42 Å². The van der Waals surface area contributed by atoms with Crippen molar-refractivity contribution in [2.45, 2.75) is 32.7 Å². The highest BCUT2D eigenvalue weighted by molar-refractivity contribution is 7.98. The minimum atomic E-state index is -1.00. The van der Waals surface area contributed by atoms with Crippen molar-refractivity contribution in [1.82, 2.24) is 5.32 Å². The largest absolute Gasteiger partial charge is 0.480 e. The number of hydrogen-bond donors (Lipinski definition) is 2. The molecule has 23 heavy (non-hydrogen) atoms. The van der Waals surface area contributed by atoms with Crippen molar-refractivity contribution in [2.24, 2.45) is 0 Å². The Balaban J connectivity index is 2.10. The van der Waals surface area contributed by atoms with Crippen LogP contribution in [-0.4, -0.2) is 35.0 Å². The lowest BCUT2D eigenvalue weighted by atomic mass is 10.0. The van der Waals surface area contributed by atoms with E-state index in [1.807, 2.05) is 32.2 Å².